The van der Waals surface area contributed by atoms with E-state index in [1.54, 1.807) is 18.4 Å². The molecule has 0 bridgehead atoms. The topological polar surface area (TPSA) is 46.2 Å². The van der Waals surface area contributed by atoms with Crippen molar-refractivity contribution in [2.24, 2.45) is 0 Å². The predicted molar refractivity (Wildman–Crippen MR) is 90.5 cm³/mol. The summed E-state index contributed by atoms with van der Waals surface area (Å²) in [6.45, 7) is -0.0849. The van der Waals surface area contributed by atoms with Gasteiger partial charge in [0.2, 0.25) is 6.29 Å². The van der Waals surface area contributed by atoms with Gasteiger partial charge in [-0.1, -0.05) is 46.4 Å². The van der Waals surface area contributed by atoms with E-state index in [0.717, 1.165) is 0 Å². The molecule has 0 aliphatic heterocycles. The third-order valence-electron chi connectivity index (χ3n) is 2.82. The standard InChI is InChI=1S/C15H8Cl4NO2/c16-9-1-2-12(18)11(4-9)14(22)6-20-13-5-10(17)3-8(7-21)15(13)19/h1-5,20H,6H2. The molecular formula is C15H8Cl4NO2. The summed E-state index contributed by atoms with van der Waals surface area (Å²) in [6, 6.07) is 7.52. The molecule has 3 nitrogen and oxygen atoms in total. The van der Waals surface area contributed by atoms with Crippen LogP contribution in [0.25, 0.3) is 0 Å². The quantitative estimate of drug-likeness (QED) is 0.743. The number of benzene rings is 2. The molecule has 2 rings (SSSR count). The van der Waals surface area contributed by atoms with Gasteiger partial charge >= 0.3 is 0 Å². The van der Waals surface area contributed by atoms with E-state index < -0.39 is 0 Å². The lowest BCUT2D eigenvalue weighted by Crippen LogP contribution is -2.15. The zero-order valence-electron chi connectivity index (χ0n) is 10.9. The molecule has 0 aromatic heterocycles. The number of nitrogens with one attached hydrogen (secondary N) is 1. The van der Waals surface area contributed by atoms with Crippen LogP contribution in [0.2, 0.25) is 20.1 Å². The fraction of sp³-hybridized carbons (Fsp3) is 0.0667. The van der Waals surface area contributed by atoms with E-state index in [2.05, 4.69) is 5.32 Å². The van der Waals surface area contributed by atoms with Crippen molar-refractivity contribution in [1.82, 2.24) is 0 Å². The molecule has 0 atom stereocenters. The van der Waals surface area contributed by atoms with E-state index >= 15 is 0 Å². The maximum atomic E-state index is 12.2. The van der Waals surface area contributed by atoms with Crippen molar-refractivity contribution in [3.63, 3.8) is 0 Å². The first-order valence-corrected chi connectivity index (χ1v) is 7.53. The molecule has 0 fully saturated rings. The monoisotopic (exact) mass is 374 g/mol. The van der Waals surface area contributed by atoms with Gasteiger partial charge in [-0.3, -0.25) is 9.59 Å². The minimum atomic E-state index is -0.278. The van der Waals surface area contributed by atoms with E-state index in [-0.39, 0.29) is 22.9 Å². The highest BCUT2D eigenvalue weighted by Crippen LogP contribution is 2.29. The van der Waals surface area contributed by atoms with Gasteiger partial charge in [-0.25, -0.2) is 0 Å². The zero-order valence-corrected chi connectivity index (χ0v) is 13.9. The second-order valence-electron chi connectivity index (χ2n) is 4.32. The Morgan fingerprint density at radius 2 is 1.77 bits per heavy atom. The van der Waals surface area contributed by atoms with Gasteiger partial charge in [0.05, 0.1) is 22.3 Å². The molecular weight excluding hydrogens is 368 g/mol. The minimum absolute atomic E-state index is 0.0849. The smallest absolute Gasteiger partial charge is 0.235 e. The third kappa shape index (κ3) is 3.93. The maximum absolute atomic E-state index is 12.2. The average Bonchev–Trinajstić information content (AvgIpc) is 2.49. The molecule has 0 saturated heterocycles. The first-order chi connectivity index (χ1) is 10.4. The van der Waals surface area contributed by atoms with Crippen LogP contribution in [0.5, 0.6) is 0 Å². The summed E-state index contributed by atoms with van der Waals surface area (Å²) in [5.41, 5.74) is 0.769. The van der Waals surface area contributed by atoms with Crippen LogP contribution in [0.1, 0.15) is 15.9 Å². The van der Waals surface area contributed by atoms with Crippen molar-refractivity contribution in [2.75, 3.05) is 11.9 Å². The number of hydrogen-bond donors (Lipinski definition) is 1. The van der Waals surface area contributed by atoms with Crippen LogP contribution in [-0.4, -0.2) is 18.6 Å². The van der Waals surface area contributed by atoms with Gasteiger partial charge in [0, 0.05) is 21.2 Å². The molecule has 1 radical (unpaired) electrons. The number of halogens is 4. The number of carbonyl (C=O) groups excluding carboxylic acids is 2. The molecule has 22 heavy (non-hydrogen) atoms. The largest absolute Gasteiger partial charge is 0.376 e. The number of Topliss-reactive ketones (excluding diaryl/α,β-unsaturated/α-hetero) is 1. The normalized spacial score (nSPS) is 10.4. The van der Waals surface area contributed by atoms with Gasteiger partial charge in [-0.05, 0) is 30.3 Å². The summed E-state index contributed by atoms with van der Waals surface area (Å²) in [4.78, 5) is 23.0. The first kappa shape index (κ1) is 17.1. The van der Waals surface area contributed by atoms with Crippen LogP contribution in [-0.2, 0) is 4.79 Å². The van der Waals surface area contributed by atoms with E-state index in [4.69, 9.17) is 46.4 Å². The highest BCUT2D eigenvalue weighted by molar-refractivity contribution is 6.38. The minimum Gasteiger partial charge on any atom is -0.376 e. The summed E-state index contributed by atoms with van der Waals surface area (Å²) in [5.74, 6) is -0.278. The first-order valence-electron chi connectivity index (χ1n) is 6.01. The van der Waals surface area contributed by atoms with Gasteiger partial charge in [-0.2, -0.15) is 0 Å². The lowest BCUT2D eigenvalue weighted by Gasteiger charge is -2.10. The summed E-state index contributed by atoms with van der Waals surface area (Å²) in [6.07, 6.45) is 1.68. The summed E-state index contributed by atoms with van der Waals surface area (Å²) in [5, 5.41) is 3.98. The number of rotatable bonds is 5. The van der Waals surface area contributed by atoms with Gasteiger partial charge in [0.15, 0.2) is 5.78 Å². The van der Waals surface area contributed by atoms with Crippen LogP contribution in [0.3, 0.4) is 0 Å². The van der Waals surface area contributed by atoms with E-state index in [1.165, 1.54) is 18.2 Å². The fourth-order valence-corrected chi connectivity index (χ4v) is 2.60. The Labute approximate surface area is 147 Å². The molecule has 0 unspecified atom stereocenters. The number of ketones is 1. The highest BCUT2D eigenvalue weighted by Gasteiger charge is 2.13. The molecule has 0 heterocycles. The Morgan fingerprint density at radius 1 is 1.05 bits per heavy atom. The Balaban J connectivity index is 2.20. The molecule has 7 heteroatoms. The van der Waals surface area contributed by atoms with Crippen molar-refractivity contribution < 1.29 is 9.59 Å². The summed E-state index contributed by atoms with van der Waals surface area (Å²) >= 11 is 23.7. The highest BCUT2D eigenvalue weighted by atomic mass is 35.5. The third-order valence-corrected chi connectivity index (χ3v) is 4.01. The van der Waals surface area contributed by atoms with Crippen LogP contribution < -0.4 is 5.32 Å². The molecule has 0 aliphatic carbocycles. The SMILES string of the molecule is O=[C]c1cc(Cl)cc(NCC(=O)c2cc(Cl)ccc2Cl)c1Cl. The lowest BCUT2D eigenvalue weighted by molar-refractivity contribution is 0.101. The summed E-state index contributed by atoms with van der Waals surface area (Å²) < 4.78 is 0. The Hall–Kier alpha value is -1.26. The van der Waals surface area contributed by atoms with E-state index in [9.17, 15) is 9.59 Å². The summed E-state index contributed by atoms with van der Waals surface area (Å²) in [7, 11) is 0. The van der Waals surface area contributed by atoms with E-state index in [1.807, 2.05) is 0 Å². The molecule has 1 N–H and O–H groups in total. The fourth-order valence-electron chi connectivity index (χ4n) is 1.77. The van der Waals surface area contributed by atoms with Gasteiger partial charge in [0.25, 0.3) is 0 Å². The van der Waals surface area contributed by atoms with Crippen molar-refractivity contribution in [3.05, 3.63) is 61.5 Å². The van der Waals surface area contributed by atoms with Crippen molar-refractivity contribution in [2.45, 2.75) is 0 Å². The van der Waals surface area contributed by atoms with Crippen LogP contribution >= 0.6 is 46.4 Å². The van der Waals surface area contributed by atoms with Crippen LogP contribution in [0.4, 0.5) is 5.69 Å². The predicted octanol–water partition coefficient (Wildman–Crippen LogP) is 5.05. The van der Waals surface area contributed by atoms with Crippen molar-refractivity contribution >= 4 is 64.2 Å². The average molecular weight is 376 g/mol. The van der Waals surface area contributed by atoms with Gasteiger partial charge in [-0.15, -0.1) is 0 Å². The zero-order chi connectivity index (χ0) is 16.3. The number of hydrogen-bond acceptors (Lipinski definition) is 3. The molecule has 113 valence electrons. The van der Waals surface area contributed by atoms with Crippen molar-refractivity contribution in [1.29, 1.82) is 0 Å². The molecule has 0 aliphatic rings. The Morgan fingerprint density at radius 3 is 2.45 bits per heavy atom. The van der Waals surface area contributed by atoms with Gasteiger partial charge < -0.3 is 5.32 Å². The Bertz CT molecular complexity index is 747. The molecule has 0 saturated carbocycles. The van der Waals surface area contributed by atoms with Crippen molar-refractivity contribution in [3.8, 4) is 0 Å². The van der Waals surface area contributed by atoms with Crippen LogP contribution in [0, 0.1) is 0 Å². The molecule has 0 spiro atoms. The number of carbonyl (C=O) groups is 1. The second-order valence-corrected chi connectivity index (χ2v) is 5.98. The Kier molecular flexibility index (Phi) is 5.70. The second kappa shape index (κ2) is 7.34. The lowest BCUT2D eigenvalue weighted by atomic mass is 10.1. The van der Waals surface area contributed by atoms with Crippen LogP contribution in [0.15, 0.2) is 30.3 Å². The maximum Gasteiger partial charge on any atom is 0.235 e. The van der Waals surface area contributed by atoms with E-state index in [0.29, 0.717) is 26.3 Å². The molecule has 0 amide bonds. The van der Waals surface area contributed by atoms with Gasteiger partial charge in [0.1, 0.15) is 0 Å². The molecule has 2 aromatic rings. The number of anilines is 1. The molecule has 2 aromatic carbocycles.